The second kappa shape index (κ2) is 3.87. The van der Waals surface area contributed by atoms with Gasteiger partial charge in [-0.15, -0.1) is 0 Å². The van der Waals surface area contributed by atoms with Crippen LogP contribution in [0.3, 0.4) is 0 Å². The van der Waals surface area contributed by atoms with Crippen LogP contribution in [-0.2, 0) is 0 Å². The van der Waals surface area contributed by atoms with Crippen molar-refractivity contribution in [3.63, 3.8) is 0 Å². The zero-order chi connectivity index (χ0) is 9.80. The molecular formula is C9H11N5. The zero-order valence-electron chi connectivity index (χ0n) is 7.81. The molecule has 72 valence electrons. The number of aromatic nitrogens is 4. The lowest BCUT2D eigenvalue weighted by atomic mass is 10.2. The standard InChI is InChI=1S/C9H11N5/c1-7(9-6-10-2-3-11-9)14-8-4-12-13-5-8/h2-7,14H,1H3,(H,12,13). The van der Waals surface area contributed by atoms with Gasteiger partial charge in [-0.05, 0) is 6.92 Å². The van der Waals surface area contributed by atoms with E-state index in [1.165, 1.54) is 0 Å². The van der Waals surface area contributed by atoms with Crippen LogP contribution >= 0.6 is 0 Å². The van der Waals surface area contributed by atoms with Gasteiger partial charge in [0.25, 0.3) is 0 Å². The number of anilines is 1. The lowest BCUT2D eigenvalue weighted by Gasteiger charge is -2.11. The summed E-state index contributed by atoms with van der Waals surface area (Å²) < 4.78 is 0. The zero-order valence-corrected chi connectivity index (χ0v) is 7.81. The Balaban J connectivity index is 2.07. The number of H-pyrrole nitrogens is 1. The molecule has 1 atom stereocenters. The van der Waals surface area contributed by atoms with Crippen LogP contribution in [0.15, 0.2) is 31.0 Å². The summed E-state index contributed by atoms with van der Waals surface area (Å²) in [5.74, 6) is 0. The van der Waals surface area contributed by atoms with E-state index in [1.807, 2.05) is 6.92 Å². The molecule has 0 aromatic carbocycles. The molecule has 0 amide bonds. The minimum absolute atomic E-state index is 0.126. The Morgan fingerprint density at radius 1 is 1.36 bits per heavy atom. The number of aromatic amines is 1. The van der Waals surface area contributed by atoms with Gasteiger partial charge in [0, 0.05) is 18.6 Å². The first-order chi connectivity index (χ1) is 6.86. The van der Waals surface area contributed by atoms with Crippen molar-refractivity contribution >= 4 is 5.69 Å². The van der Waals surface area contributed by atoms with Crippen molar-refractivity contribution in [2.75, 3.05) is 5.32 Å². The molecule has 5 heteroatoms. The third-order valence-corrected chi connectivity index (χ3v) is 1.91. The van der Waals surface area contributed by atoms with Crippen molar-refractivity contribution in [2.24, 2.45) is 0 Å². The Kier molecular flexibility index (Phi) is 2.40. The van der Waals surface area contributed by atoms with Crippen molar-refractivity contribution in [3.05, 3.63) is 36.7 Å². The van der Waals surface area contributed by atoms with Gasteiger partial charge in [-0.3, -0.25) is 15.1 Å². The van der Waals surface area contributed by atoms with E-state index in [0.29, 0.717) is 0 Å². The summed E-state index contributed by atoms with van der Waals surface area (Å²) in [6.07, 6.45) is 8.62. The highest BCUT2D eigenvalue weighted by Crippen LogP contribution is 2.14. The molecule has 14 heavy (non-hydrogen) atoms. The molecule has 0 fully saturated rings. The molecule has 0 aliphatic carbocycles. The van der Waals surface area contributed by atoms with E-state index in [4.69, 9.17) is 0 Å². The summed E-state index contributed by atoms with van der Waals surface area (Å²) in [4.78, 5) is 8.21. The van der Waals surface area contributed by atoms with E-state index in [9.17, 15) is 0 Å². The molecule has 0 radical (unpaired) electrons. The lowest BCUT2D eigenvalue weighted by molar-refractivity contribution is 0.828. The van der Waals surface area contributed by atoms with Gasteiger partial charge in [-0.1, -0.05) is 0 Å². The fraction of sp³-hybridized carbons (Fsp3) is 0.222. The molecule has 0 spiro atoms. The van der Waals surface area contributed by atoms with Crippen molar-refractivity contribution in [2.45, 2.75) is 13.0 Å². The minimum atomic E-state index is 0.126. The van der Waals surface area contributed by atoms with Crippen LogP contribution in [0, 0.1) is 0 Å². The smallest absolute Gasteiger partial charge is 0.0806 e. The third kappa shape index (κ3) is 1.87. The minimum Gasteiger partial charge on any atom is -0.374 e. The number of hydrogen-bond acceptors (Lipinski definition) is 4. The Hall–Kier alpha value is -1.91. The van der Waals surface area contributed by atoms with Gasteiger partial charge < -0.3 is 5.32 Å². The van der Waals surface area contributed by atoms with Crippen LogP contribution in [0.25, 0.3) is 0 Å². The Morgan fingerprint density at radius 3 is 2.93 bits per heavy atom. The molecule has 0 aliphatic rings. The summed E-state index contributed by atoms with van der Waals surface area (Å²) >= 11 is 0. The molecule has 0 aliphatic heterocycles. The highest BCUT2D eigenvalue weighted by atomic mass is 15.1. The van der Waals surface area contributed by atoms with Gasteiger partial charge in [0.05, 0.1) is 29.8 Å². The SMILES string of the molecule is CC(Nc1cn[nH]c1)c1cnccn1. The van der Waals surface area contributed by atoms with E-state index in [0.717, 1.165) is 11.4 Å². The van der Waals surface area contributed by atoms with Crippen LogP contribution in [-0.4, -0.2) is 20.2 Å². The maximum Gasteiger partial charge on any atom is 0.0806 e. The van der Waals surface area contributed by atoms with Crippen molar-refractivity contribution < 1.29 is 0 Å². The fourth-order valence-corrected chi connectivity index (χ4v) is 1.19. The Bertz CT molecular complexity index is 369. The third-order valence-electron chi connectivity index (χ3n) is 1.91. The first-order valence-electron chi connectivity index (χ1n) is 4.37. The highest BCUT2D eigenvalue weighted by Gasteiger charge is 2.06. The van der Waals surface area contributed by atoms with Crippen molar-refractivity contribution in [3.8, 4) is 0 Å². The van der Waals surface area contributed by atoms with E-state index in [1.54, 1.807) is 31.0 Å². The van der Waals surface area contributed by atoms with Gasteiger partial charge in [0.1, 0.15) is 0 Å². The molecule has 2 aromatic heterocycles. The van der Waals surface area contributed by atoms with Gasteiger partial charge >= 0.3 is 0 Å². The molecule has 1 unspecified atom stereocenters. The highest BCUT2D eigenvalue weighted by molar-refractivity contribution is 5.39. The number of hydrogen-bond donors (Lipinski definition) is 2. The van der Waals surface area contributed by atoms with Crippen LogP contribution in [0.1, 0.15) is 18.7 Å². The number of nitrogens with one attached hydrogen (secondary N) is 2. The van der Waals surface area contributed by atoms with Crippen LogP contribution in [0.2, 0.25) is 0 Å². The molecule has 2 heterocycles. The van der Waals surface area contributed by atoms with E-state index >= 15 is 0 Å². The second-order valence-electron chi connectivity index (χ2n) is 2.98. The van der Waals surface area contributed by atoms with E-state index in [2.05, 4.69) is 25.5 Å². The normalized spacial score (nSPS) is 12.4. The lowest BCUT2D eigenvalue weighted by Crippen LogP contribution is -2.07. The fourth-order valence-electron chi connectivity index (χ4n) is 1.19. The molecule has 0 saturated heterocycles. The van der Waals surface area contributed by atoms with Crippen molar-refractivity contribution in [1.82, 2.24) is 20.2 Å². The quantitative estimate of drug-likeness (QED) is 0.765. The predicted octanol–water partition coefficient (Wildman–Crippen LogP) is 1.37. The summed E-state index contributed by atoms with van der Waals surface area (Å²) in [6.45, 7) is 2.02. The molecule has 5 nitrogen and oxygen atoms in total. The predicted molar refractivity (Wildman–Crippen MR) is 52.7 cm³/mol. The monoisotopic (exact) mass is 189 g/mol. The Labute approximate surface area is 81.6 Å². The average molecular weight is 189 g/mol. The topological polar surface area (TPSA) is 66.5 Å². The largest absolute Gasteiger partial charge is 0.374 e. The molecule has 2 rings (SSSR count). The summed E-state index contributed by atoms with van der Waals surface area (Å²) in [7, 11) is 0. The van der Waals surface area contributed by atoms with Gasteiger partial charge in [-0.25, -0.2) is 0 Å². The van der Waals surface area contributed by atoms with Crippen molar-refractivity contribution in [1.29, 1.82) is 0 Å². The van der Waals surface area contributed by atoms with Gasteiger partial charge in [0.15, 0.2) is 0 Å². The summed E-state index contributed by atoms with van der Waals surface area (Å²) in [6, 6.07) is 0.126. The molecular weight excluding hydrogens is 178 g/mol. The molecule has 0 saturated carbocycles. The number of rotatable bonds is 3. The van der Waals surface area contributed by atoms with Gasteiger partial charge in [-0.2, -0.15) is 5.10 Å². The average Bonchev–Trinajstić information content (AvgIpc) is 2.72. The second-order valence-corrected chi connectivity index (χ2v) is 2.98. The number of nitrogens with zero attached hydrogens (tertiary/aromatic N) is 3. The summed E-state index contributed by atoms with van der Waals surface area (Å²) in [5.41, 5.74) is 1.86. The van der Waals surface area contributed by atoms with Gasteiger partial charge in [0.2, 0.25) is 0 Å². The maximum absolute atomic E-state index is 4.20. The summed E-state index contributed by atoms with van der Waals surface area (Å²) in [5, 5.41) is 9.83. The Morgan fingerprint density at radius 2 is 2.29 bits per heavy atom. The van der Waals surface area contributed by atoms with Crippen LogP contribution in [0.5, 0.6) is 0 Å². The first-order valence-corrected chi connectivity index (χ1v) is 4.37. The molecule has 0 bridgehead atoms. The first kappa shape index (κ1) is 8.68. The van der Waals surface area contributed by atoms with E-state index in [-0.39, 0.29) is 6.04 Å². The van der Waals surface area contributed by atoms with Crippen LogP contribution in [0.4, 0.5) is 5.69 Å². The maximum atomic E-state index is 4.20. The molecule has 2 aromatic rings. The molecule has 2 N–H and O–H groups in total. The van der Waals surface area contributed by atoms with Crippen LogP contribution < -0.4 is 5.32 Å². The van der Waals surface area contributed by atoms with E-state index < -0.39 is 0 Å².